The van der Waals surface area contributed by atoms with Crippen LogP contribution in [-0.4, -0.2) is 35.1 Å². The van der Waals surface area contributed by atoms with Gasteiger partial charge in [-0.2, -0.15) is 0 Å². The van der Waals surface area contributed by atoms with Crippen molar-refractivity contribution in [2.75, 3.05) is 13.1 Å². The van der Waals surface area contributed by atoms with Crippen LogP contribution in [0, 0.1) is 0 Å². The lowest BCUT2D eigenvalue weighted by Crippen LogP contribution is -2.36. The monoisotopic (exact) mass is 282 g/mol. The molecule has 2 rings (SSSR count). The van der Waals surface area contributed by atoms with Gasteiger partial charge in [0.05, 0.1) is 0 Å². The van der Waals surface area contributed by atoms with Gasteiger partial charge in [0, 0.05) is 11.1 Å². The van der Waals surface area contributed by atoms with E-state index in [1.54, 1.807) is 0 Å². The van der Waals surface area contributed by atoms with Crippen LogP contribution in [0.15, 0.2) is 24.3 Å². The summed E-state index contributed by atoms with van der Waals surface area (Å²) in [4.78, 5) is 13.3. The Morgan fingerprint density at radius 1 is 1.32 bits per heavy atom. The Hall–Kier alpha value is -1.10. The number of rotatable bonds is 5. The van der Waals surface area contributed by atoms with Crippen LogP contribution in [0.3, 0.4) is 0 Å². The summed E-state index contributed by atoms with van der Waals surface area (Å²) in [6.45, 7) is 2.00. The highest BCUT2D eigenvalue weighted by Gasteiger charge is 2.27. The van der Waals surface area contributed by atoms with E-state index >= 15 is 0 Å². The minimum atomic E-state index is -0.946. The molecule has 0 aliphatic carbocycles. The molecule has 1 aromatic carbocycles. The molecule has 1 aromatic rings. The zero-order chi connectivity index (χ0) is 13.8. The Morgan fingerprint density at radius 2 is 1.89 bits per heavy atom. The van der Waals surface area contributed by atoms with E-state index in [-0.39, 0.29) is 6.04 Å². The van der Waals surface area contributed by atoms with Gasteiger partial charge in [0.1, 0.15) is 6.04 Å². The fourth-order valence-corrected chi connectivity index (χ4v) is 2.70. The predicted octanol–water partition coefficient (Wildman–Crippen LogP) is 2.28. The second kappa shape index (κ2) is 6.37. The Kier molecular flexibility index (Phi) is 4.80. The highest BCUT2D eigenvalue weighted by Crippen LogP contribution is 2.29. The molecule has 1 aliphatic rings. The Balaban J connectivity index is 2.17. The van der Waals surface area contributed by atoms with Crippen molar-refractivity contribution >= 4 is 17.6 Å². The van der Waals surface area contributed by atoms with Gasteiger partial charge in [-0.25, -0.2) is 0 Å². The predicted molar refractivity (Wildman–Crippen MR) is 75.2 cm³/mol. The van der Waals surface area contributed by atoms with Crippen molar-refractivity contribution in [3.05, 3.63) is 34.9 Å². The molecular weight excluding hydrogens is 264 g/mol. The van der Waals surface area contributed by atoms with E-state index in [2.05, 4.69) is 4.90 Å². The molecule has 3 N–H and O–H groups in total. The van der Waals surface area contributed by atoms with Crippen molar-refractivity contribution in [1.82, 2.24) is 4.90 Å². The number of likely N-dealkylation sites (tertiary alicyclic amines) is 1. The summed E-state index contributed by atoms with van der Waals surface area (Å²) in [6, 6.07) is 6.82. The van der Waals surface area contributed by atoms with Gasteiger partial charge in [0.2, 0.25) is 0 Å². The lowest BCUT2D eigenvalue weighted by Gasteiger charge is -2.29. The van der Waals surface area contributed by atoms with Gasteiger partial charge >= 0.3 is 5.97 Å². The minimum absolute atomic E-state index is 0.0610. The van der Waals surface area contributed by atoms with Gasteiger partial charge < -0.3 is 10.8 Å². The van der Waals surface area contributed by atoms with Crippen LogP contribution in [0.4, 0.5) is 0 Å². The fourth-order valence-electron chi connectivity index (χ4n) is 2.58. The number of hydrogen-bond donors (Lipinski definition) is 2. The van der Waals surface area contributed by atoms with E-state index < -0.39 is 12.0 Å². The molecule has 0 spiro atoms. The molecular formula is C14H19ClN2O2. The smallest absolute Gasteiger partial charge is 0.320 e. The number of carbonyl (C=O) groups is 1. The Bertz CT molecular complexity index is 430. The first kappa shape index (κ1) is 14.3. The average Bonchev–Trinajstić information content (AvgIpc) is 2.90. The number of benzene rings is 1. The fraction of sp³-hybridized carbons (Fsp3) is 0.500. The van der Waals surface area contributed by atoms with Gasteiger partial charge in [-0.15, -0.1) is 0 Å². The summed E-state index contributed by atoms with van der Waals surface area (Å²) in [7, 11) is 0. The number of carboxylic acids is 1. The second-order valence-electron chi connectivity index (χ2n) is 4.99. The summed E-state index contributed by atoms with van der Waals surface area (Å²) in [5, 5.41) is 9.69. The molecule has 1 fully saturated rings. The van der Waals surface area contributed by atoms with E-state index in [1.807, 2.05) is 24.3 Å². The number of nitrogens with zero attached hydrogens (tertiary/aromatic N) is 1. The van der Waals surface area contributed by atoms with Crippen LogP contribution in [0.2, 0.25) is 5.02 Å². The Labute approximate surface area is 118 Å². The van der Waals surface area contributed by atoms with E-state index in [4.69, 9.17) is 22.4 Å². The highest BCUT2D eigenvalue weighted by molar-refractivity contribution is 6.30. The lowest BCUT2D eigenvalue weighted by atomic mass is 9.98. The third kappa shape index (κ3) is 3.69. The van der Waals surface area contributed by atoms with E-state index in [0.29, 0.717) is 11.4 Å². The van der Waals surface area contributed by atoms with E-state index in [0.717, 1.165) is 31.5 Å². The number of carboxylic acid groups (broad SMARTS) is 1. The summed E-state index contributed by atoms with van der Waals surface area (Å²) in [6.07, 6.45) is 2.75. The maximum Gasteiger partial charge on any atom is 0.320 e. The number of hydrogen-bond acceptors (Lipinski definition) is 3. The molecule has 0 bridgehead atoms. The first-order chi connectivity index (χ1) is 9.08. The largest absolute Gasteiger partial charge is 0.480 e. The Morgan fingerprint density at radius 3 is 2.42 bits per heavy atom. The first-order valence-corrected chi connectivity index (χ1v) is 6.93. The molecule has 104 valence electrons. The second-order valence-corrected chi connectivity index (χ2v) is 5.43. The summed E-state index contributed by atoms with van der Waals surface area (Å²) < 4.78 is 0. The van der Waals surface area contributed by atoms with Crippen LogP contribution in [-0.2, 0) is 4.79 Å². The molecule has 1 saturated heterocycles. The number of nitrogens with two attached hydrogens (primary N) is 1. The zero-order valence-corrected chi connectivity index (χ0v) is 11.5. The van der Waals surface area contributed by atoms with Crippen molar-refractivity contribution in [2.24, 2.45) is 5.73 Å². The third-order valence-corrected chi connectivity index (χ3v) is 3.88. The quantitative estimate of drug-likeness (QED) is 0.869. The van der Waals surface area contributed by atoms with Crippen molar-refractivity contribution in [2.45, 2.75) is 31.3 Å². The third-order valence-electron chi connectivity index (χ3n) is 3.63. The molecule has 2 atom stereocenters. The van der Waals surface area contributed by atoms with Crippen LogP contribution < -0.4 is 5.73 Å². The molecule has 1 heterocycles. The molecule has 1 aliphatic heterocycles. The van der Waals surface area contributed by atoms with E-state index in [9.17, 15) is 4.79 Å². The zero-order valence-electron chi connectivity index (χ0n) is 10.8. The molecule has 19 heavy (non-hydrogen) atoms. The van der Waals surface area contributed by atoms with Crippen LogP contribution in [0.25, 0.3) is 0 Å². The molecule has 0 saturated carbocycles. The summed E-state index contributed by atoms with van der Waals surface area (Å²) in [5.74, 6) is -0.946. The first-order valence-electron chi connectivity index (χ1n) is 6.56. The van der Waals surface area contributed by atoms with Crippen molar-refractivity contribution in [3.63, 3.8) is 0 Å². The van der Waals surface area contributed by atoms with Gasteiger partial charge in [-0.05, 0) is 50.0 Å². The number of aliphatic carboxylic acids is 1. The van der Waals surface area contributed by atoms with Crippen LogP contribution in [0.1, 0.15) is 30.9 Å². The average molecular weight is 283 g/mol. The van der Waals surface area contributed by atoms with Gasteiger partial charge in [0.25, 0.3) is 0 Å². The SMILES string of the molecule is N[C@@H](C[C@@H](c1ccc(Cl)cc1)N1CCCC1)C(=O)O. The van der Waals surface area contributed by atoms with E-state index in [1.165, 1.54) is 0 Å². The van der Waals surface area contributed by atoms with Crippen molar-refractivity contribution in [3.8, 4) is 0 Å². The topological polar surface area (TPSA) is 66.6 Å². The maximum absolute atomic E-state index is 11.0. The van der Waals surface area contributed by atoms with Crippen LogP contribution >= 0.6 is 11.6 Å². The molecule has 0 radical (unpaired) electrons. The lowest BCUT2D eigenvalue weighted by molar-refractivity contribution is -0.139. The standard InChI is InChI=1S/C14H19ClN2O2/c15-11-5-3-10(4-6-11)13(9-12(16)14(18)19)17-7-1-2-8-17/h3-6,12-13H,1-2,7-9,16H2,(H,18,19)/t12-,13-/m0/s1. The summed E-state index contributed by atoms with van der Waals surface area (Å²) >= 11 is 5.90. The van der Waals surface area contributed by atoms with Gasteiger partial charge in [0.15, 0.2) is 0 Å². The van der Waals surface area contributed by atoms with Crippen molar-refractivity contribution in [1.29, 1.82) is 0 Å². The van der Waals surface area contributed by atoms with Crippen molar-refractivity contribution < 1.29 is 9.90 Å². The minimum Gasteiger partial charge on any atom is -0.480 e. The normalized spacial score (nSPS) is 19.3. The van der Waals surface area contributed by atoms with Crippen LogP contribution in [0.5, 0.6) is 0 Å². The molecule has 5 heteroatoms. The molecule has 4 nitrogen and oxygen atoms in total. The molecule has 0 amide bonds. The molecule has 0 unspecified atom stereocenters. The molecule has 0 aromatic heterocycles. The maximum atomic E-state index is 11.0. The summed E-state index contributed by atoms with van der Waals surface area (Å²) in [5.41, 5.74) is 6.79. The van der Waals surface area contributed by atoms with Gasteiger partial charge in [-0.1, -0.05) is 23.7 Å². The number of halogens is 1. The van der Waals surface area contributed by atoms with Gasteiger partial charge in [-0.3, -0.25) is 9.69 Å². The highest BCUT2D eigenvalue weighted by atomic mass is 35.5.